The monoisotopic (exact) mass is 334 g/mol. The molecule has 0 aliphatic carbocycles. The summed E-state index contributed by atoms with van der Waals surface area (Å²) in [5.41, 5.74) is -3.61. The van der Waals surface area contributed by atoms with Gasteiger partial charge < -0.3 is 30.6 Å². The van der Waals surface area contributed by atoms with Crippen molar-refractivity contribution in [2.24, 2.45) is 0 Å². The van der Waals surface area contributed by atoms with Crippen LogP contribution in [0.3, 0.4) is 0 Å². The lowest BCUT2D eigenvalue weighted by Gasteiger charge is -2.42. The molecular weight excluding hydrogens is 312 g/mol. The Morgan fingerprint density at radius 2 is 0.958 bits per heavy atom. The van der Waals surface area contributed by atoms with Gasteiger partial charge in [0.05, 0.1) is 13.2 Å². The van der Waals surface area contributed by atoms with E-state index < -0.39 is 24.4 Å². The van der Waals surface area contributed by atoms with E-state index in [1.807, 2.05) is 0 Å². The number of para-hydroxylation sites is 2. The van der Waals surface area contributed by atoms with Crippen molar-refractivity contribution in [2.75, 3.05) is 13.2 Å². The lowest BCUT2D eigenvalue weighted by atomic mass is 9.75. The maximum atomic E-state index is 10.8. The Bertz CT molecular complexity index is 629. The van der Waals surface area contributed by atoms with E-state index in [1.165, 1.54) is 12.1 Å². The molecule has 6 nitrogen and oxygen atoms in total. The van der Waals surface area contributed by atoms with E-state index in [0.29, 0.717) is 11.1 Å². The fourth-order valence-electron chi connectivity index (χ4n) is 2.69. The van der Waals surface area contributed by atoms with E-state index in [0.717, 1.165) is 0 Å². The van der Waals surface area contributed by atoms with E-state index in [9.17, 15) is 30.6 Å². The molecule has 0 unspecified atom stereocenters. The van der Waals surface area contributed by atoms with Crippen LogP contribution in [-0.4, -0.2) is 55.1 Å². The second-order valence-corrected chi connectivity index (χ2v) is 5.99. The van der Waals surface area contributed by atoms with Crippen LogP contribution in [0.1, 0.15) is 11.1 Å². The quantitative estimate of drug-likeness (QED) is 0.434. The summed E-state index contributed by atoms with van der Waals surface area (Å²) in [6.45, 7) is -1.68. The van der Waals surface area contributed by atoms with E-state index in [1.54, 1.807) is 36.4 Å². The highest BCUT2D eigenvalue weighted by molar-refractivity contribution is 5.36. The summed E-state index contributed by atoms with van der Waals surface area (Å²) in [7, 11) is 0. The van der Waals surface area contributed by atoms with Gasteiger partial charge in [0.15, 0.2) is 0 Å². The normalized spacial score (nSPS) is 16.3. The molecule has 0 aliphatic rings. The molecule has 130 valence electrons. The van der Waals surface area contributed by atoms with Gasteiger partial charge >= 0.3 is 0 Å². The van der Waals surface area contributed by atoms with Gasteiger partial charge in [-0.15, -0.1) is 0 Å². The van der Waals surface area contributed by atoms with Crippen molar-refractivity contribution >= 4 is 0 Å². The molecule has 6 N–H and O–H groups in total. The minimum absolute atomic E-state index is 0.0905. The number of rotatable bonds is 7. The predicted molar refractivity (Wildman–Crippen MR) is 87.7 cm³/mol. The zero-order valence-corrected chi connectivity index (χ0v) is 13.1. The van der Waals surface area contributed by atoms with Gasteiger partial charge in [-0.2, -0.15) is 0 Å². The Labute approximate surface area is 139 Å². The average molecular weight is 334 g/mol. The van der Waals surface area contributed by atoms with Gasteiger partial charge in [-0.3, -0.25) is 0 Å². The van der Waals surface area contributed by atoms with Crippen molar-refractivity contribution in [2.45, 2.75) is 24.0 Å². The van der Waals surface area contributed by atoms with Crippen molar-refractivity contribution in [1.29, 1.82) is 0 Å². The molecule has 0 heterocycles. The first kappa shape index (κ1) is 18.2. The van der Waals surface area contributed by atoms with Crippen LogP contribution in [0.15, 0.2) is 48.5 Å². The summed E-state index contributed by atoms with van der Waals surface area (Å²) in [5, 5.41) is 60.7. The van der Waals surface area contributed by atoms with E-state index in [4.69, 9.17) is 0 Å². The maximum Gasteiger partial charge on any atom is 0.123 e. The average Bonchev–Trinajstić information content (AvgIpc) is 2.58. The third kappa shape index (κ3) is 3.52. The summed E-state index contributed by atoms with van der Waals surface area (Å²) < 4.78 is 0. The maximum absolute atomic E-state index is 10.8. The van der Waals surface area contributed by atoms with E-state index in [2.05, 4.69) is 0 Å². The fourth-order valence-corrected chi connectivity index (χ4v) is 2.69. The molecule has 2 aromatic carbocycles. The zero-order chi connectivity index (χ0) is 17.8. The summed E-state index contributed by atoms with van der Waals surface area (Å²) in [6.07, 6.45) is -0.554. The molecule has 6 heteroatoms. The van der Waals surface area contributed by atoms with Gasteiger partial charge in [-0.05, 0) is 23.3 Å². The number of aliphatic hydroxyl groups is 4. The van der Waals surface area contributed by atoms with E-state index >= 15 is 0 Å². The molecule has 0 aromatic heterocycles. The molecule has 2 rings (SSSR count). The highest BCUT2D eigenvalue weighted by atomic mass is 16.4. The topological polar surface area (TPSA) is 121 Å². The van der Waals surface area contributed by atoms with Gasteiger partial charge in [-0.25, -0.2) is 0 Å². The molecule has 0 fully saturated rings. The van der Waals surface area contributed by atoms with Crippen LogP contribution >= 0.6 is 0 Å². The van der Waals surface area contributed by atoms with Crippen molar-refractivity contribution in [3.8, 4) is 11.5 Å². The first-order valence-corrected chi connectivity index (χ1v) is 7.55. The molecule has 0 radical (unpaired) electrons. The third-order valence-corrected chi connectivity index (χ3v) is 4.34. The van der Waals surface area contributed by atoms with Crippen molar-refractivity contribution in [3.63, 3.8) is 0 Å². The number of phenolic OH excluding ortho intramolecular Hbond substituents is 2. The third-order valence-electron chi connectivity index (χ3n) is 4.34. The van der Waals surface area contributed by atoms with Gasteiger partial charge in [-0.1, -0.05) is 36.4 Å². The molecule has 24 heavy (non-hydrogen) atoms. The largest absolute Gasteiger partial charge is 0.508 e. The first-order valence-electron chi connectivity index (χ1n) is 7.55. The number of benzene rings is 2. The summed E-state index contributed by atoms with van der Waals surface area (Å²) in [4.78, 5) is 0. The van der Waals surface area contributed by atoms with Gasteiger partial charge in [0.2, 0.25) is 0 Å². The van der Waals surface area contributed by atoms with Crippen molar-refractivity contribution in [3.05, 3.63) is 59.7 Å². The lowest BCUT2D eigenvalue weighted by molar-refractivity contribution is -0.188. The minimum Gasteiger partial charge on any atom is -0.508 e. The van der Waals surface area contributed by atoms with Crippen LogP contribution in [0.25, 0.3) is 0 Å². The van der Waals surface area contributed by atoms with Gasteiger partial charge in [0, 0.05) is 12.8 Å². The SMILES string of the molecule is OC[C@](O)(Cc1ccccc1O)[C@](O)(CO)Cc1ccccc1O. The molecular formula is C18H22O6. The molecule has 0 bridgehead atoms. The Morgan fingerprint density at radius 3 is 1.25 bits per heavy atom. The Hall–Kier alpha value is -2.12. The summed E-state index contributed by atoms with van der Waals surface area (Å²) in [5.74, 6) is -0.181. The highest BCUT2D eigenvalue weighted by Crippen LogP contribution is 2.34. The predicted octanol–water partition coefficient (Wildman–Crippen LogP) is 0.330. The number of hydrogen-bond donors (Lipinski definition) is 6. The molecule has 0 spiro atoms. The zero-order valence-electron chi connectivity index (χ0n) is 13.1. The summed E-state index contributed by atoms with van der Waals surface area (Å²) in [6, 6.07) is 12.5. The molecule has 0 saturated heterocycles. The van der Waals surface area contributed by atoms with Crippen LogP contribution in [-0.2, 0) is 12.8 Å². The molecule has 2 atom stereocenters. The molecule has 0 aliphatic heterocycles. The summed E-state index contributed by atoms with van der Waals surface area (Å²) >= 11 is 0. The van der Waals surface area contributed by atoms with Crippen LogP contribution in [0.5, 0.6) is 11.5 Å². The number of aromatic hydroxyl groups is 2. The number of hydrogen-bond acceptors (Lipinski definition) is 6. The van der Waals surface area contributed by atoms with Crippen molar-refractivity contribution in [1.82, 2.24) is 0 Å². The second-order valence-electron chi connectivity index (χ2n) is 5.99. The smallest absolute Gasteiger partial charge is 0.123 e. The van der Waals surface area contributed by atoms with Crippen LogP contribution in [0.2, 0.25) is 0 Å². The fraction of sp³-hybridized carbons (Fsp3) is 0.333. The Kier molecular flexibility index (Phi) is 5.46. The standard InChI is InChI=1S/C18H22O6/c19-11-17(23,9-13-5-1-3-7-15(13)21)18(24,12-20)10-14-6-2-4-8-16(14)22/h1-8,19-24H,9-12H2/t17-,18-/m1/s1. The van der Waals surface area contributed by atoms with Gasteiger partial charge in [0.1, 0.15) is 22.7 Å². The Balaban J connectivity index is 2.36. The molecule has 2 aromatic rings. The molecule has 0 amide bonds. The number of phenols is 2. The molecule has 0 saturated carbocycles. The minimum atomic E-state index is -2.12. The van der Waals surface area contributed by atoms with Gasteiger partial charge in [0.25, 0.3) is 0 Å². The number of aliphatic hydroxyl groups excluding tert-OH is 2. The Morgan fingerprint density at radius 1 is 0.625 bits per heavy atom. The highest BCUT2D eigenvalue weighted by Gasteiger charge is 2.49. The van der Waals surface area contributed by atoms with Crippen LogP contribution in [0.4, 0.5) is 0 Å². The first-order chi connectivity index (χ1) is 11.3. The van der Waals surface area contributed by atoms with Crippen LogP contribution < -0.4 is 0 Å². The van der Waals surface area contributed by atoms with Crippen LogP contribution in [0, 0.1) is 0 Å². The van der Waals surface area contributed by atoms with Crippen molar-refractivity contribution < 1.29 is 30.6 Å². The lowest BCUT2D eigenvalue weighted by Crippen LogP contribution is -2.61. The van der Waals surface area contributed by atoms with E-state index in [-0.39, 0.29) is 24.3 Å². The second kappa shape index (κ2) is 7.19.